The second-order valence-corrected chi connectivity index (χ2v) is 9.80. The van der Waals surface area contributed by atoms with Crippen molar-refractivity contribution in [3.8, 4) is 0 Å². The Kier molecular flexibility index (Phi) is 7.27. The number of esters is 1. The Morgan fingerprint density at radius 3 is 2.43 bits per heavy atom. The average Bonchev–Trinajstić information content (AvgIpc) is 2.75. The SMILES string of the molecule is CCOC(=O)c1ccc(NC(=O)[C@@H]2CCCN(S(=O)(=O)c3ccc(Br)cc3)C2)cc1. The molecule has 30 heavy (non-hydrogen) atoms. The van der Waals surface area contributed by atoms with Crippen LogP contribution in [0.3, 0.4) is 0 Å². The number of anilines is 1. The molecule has 2 aromatic carbocycles. The number of nitrogens with one attached hydrogen (secondary N) is 1. The summed E-state index contributed by atoms with van der Waals surface area (Å²) in [5.41, 5.74) is 0.945. The van der Waals surface area contributed by atoms with Crippen molar-refractivity contribution in [3.05, 3.63) is 58.6 Å². The number of ether oxygens (including phenoxy) is 1. The number of nitrogens with zero attached hydrogens (tertiary/aromatic N) is 1. The van der Waals surface area contributed by atoms with Crippen molar-refractivity contribution in [1.82, 2.24) is 4.31 Å². The monoisotopic (exact) mass is 494 g/mol. The largest absolute Gasteiger partial charge is 0.462 e. The van der Waals surface area contributed by atoms with Gasteiger partial charge in [0, 0.05) is 23.2 Å². The standard InChI is InChI=1S/C21H23BrN2O5S/c1-2-29-21(26)15-5-9-18(10-6-15)23-20(25)16-4-3-13-24(14-16)30(27,28)19-11-7-17(22)8-12-19/h5-12,16H,2-4,13-14H2,1H3,(H,23,25)/t16-/m1/s1. The van der Waals surface area contributed by atoms with Crippen LogP contribution in [0, 0.1) is 5.92 Å². The van der Waals surface area contributed by atoms with E-state index in [-0.39, 0.29) is 17.3 Å². The van der Waals surface area contributed by atoms with Crippen molar-refractivity contribution in [3.63, 3.8) is 0 Å². The van der Waals surface area contributed by atoms with Gasteiger partial charge in [0.1, 0.15) is 0 Å². The lowest BCUT2D eigenvalue weighted by Crippen LogP contribution is -2.43. The fraction of sp³-hybridized carbons (Fsp3) is 0.333. The highest BCUT2D eigenvalue weighted by Crippen LogP contribution is 2.25. The number of hydrogen-bond acceptors (Lipinski definition) is 5. The molecule has 1 aliphatic rings. The Hall–Kier alpha value is -2.23. The summed E-state index contributed by atoms with van der Waals surface area (Å²) in [7, 11) is -3.66. The van der Waals surface area contributed by atoms with Gasteiger partial charge in [0.2, 0.25) is 15.9 Å². The predicted molar refractivity (Wildman–Crippen MR) is 117 cm³/mol. The van der Waals surface area contributed by atoms with Crippen molar-refractivity contribution >= 4 is 43.5 Å². The zero-order chi connectivity index (χ0) is 21.7. The highest BCUT2D eigenvalue weighted by molar-refractivity contribution is 9.10. The van der Waals surface area contributed by atoms with Gasteiger partial charge in [-0.1, -0.05) is 15.9 Å². The van der Waals surface area contributed by atoms with E-state index in [1.807, 2.05) is 0 Å². The molecule has 0 bridgehead atoms. The maximum Gasteiger partial charge on any atom is 0.338 e. The second-order valence-electron chi connectivity index (χ2n) is 6.94. The zero-order valence-electron chi connectivity index (χ0n) is 16.5. The molecular weight excluding hydrogens is 472 g/mol. The van der Waals surface area contributed by atoms with E-state index in [0.29, 0.717) is 37.2 Å². The normalized spacial score (nSPS) is 17.3. The predicted octanol–water partition coefficient (Wildman–Crippen LogP) is 3.67. The Morgan fingerprint density at radius 2 is 1.80 bits per heavy atom. The first-order valence-corrected chi connectivity index (χ1v) is 11.9. The summed E-state index contributed by atoms with van der Waals surface area (Å²) in [6.07, 6.45) is 1.22. The molecule has 0 aliphatic carbocycles. The number of hydrogen-bond donors (Lipinski definition) is 1. The zero-order valence-corrected chi connectivity index (χ0v) is 18.9. The van der Waals surface area contributed by atoms with E-state index in [2.05, 4.69) is 21.2 Å². The van der Waals surface area contributed by atoms with Gasteiger partial charge in [0.15, 0.2) is 0 Å². The summed E-state index contributed by atoms with van der Waals surface area (Å²) in [4.78, 5) is 24.6. The fourth-order valence-corrected chi connectivity index (χ4v) is 5.07. The molecule has 1 heterocycles. The molecule has 9 heteroatoms. The summed E-state index contributed by atoms with van der Waals surface area (Å²) < 4.78 is 32.9. The third-order valence-electron chi connectivity index (χ3n) is 4.87. The van der Waals surface area contributed by atoms with Crippen LogP contribution in [0.4, 0.5) is 5.69 Å². The topological polar surface area (TPSA) is 92.8 Å². The van der Waals surface area contributed by atoms with Gasteiger partial charge in [-0.3, -0.25) is 4.79 Å². The lowest BCUT2D eigenvalue weighted by molar-refractivity contribution is -0.120. The fourth-order valence-electron chi connectivity index (χ4n) is 3.28. The van der Waals surface area contributed by atoms with Gasteiger partial charge in [-0.25, -0.2) is 13.2 Å². The molecule has 0 aromatic heterocycles. The molecule has 3 rings (SSSR count). The maximum absolute atomic E-state index is 12.9. The van der Waals surface area contributed by atoms with Crippen LogP contribution in [0.1, 0.15) is 30.1 Å². The van der Waals surface area contributed by atoms with Crippen LogP contribution in [0.2, 0.25) is 0 Å². The van der Waals surface area contributed by atoms with Gasteiger partial charge in [-0.2, -0.15) is 4.31 Å². The van der Waals surface area contributed by atoms with Crippen LogP contribution < -0.4 is 5.32 Å². The van der Waals surface area contributed by atoms with Crippen molar-refractivity contribution in [1.29, 1.82) is 0 Å². The maximum atomic E-state index is 12.9. The van der Waals surface area contributed by atoms with Crippen molar-refractivity contribution in [2.45, 2.75) is 24.7 Å². The summed E-state index contributed by atoms with van der Waals surface area (Å²) in [6, 6.07) is 12.9. The van der Waals surface area contributed by atoms with Crippen molar-refractivity contribution < 1.29 is 22.7 Å². The first kappa shape index (κ1) is 22.5. The number of carbonyl (C=O) groups excluding carboxylic acids is 2. The Bertz CT molecular complexity index is 1010. The minimum Gasteiger partial charge on any atom is -0.462 e. The van der Waals surface area contributed by atoms with Crippen molar-refractivity contribution in [2.24, 2.45) is 5.92 Å². The number of carbonyl (C=O) groups is 2. The molecule has 7 nitrogen and oxygen atoms in total. The van der Waals surface area contributed by atoms with E-state index in [4.69, 9.17) is 4.74 Å². The second kappa shape index (κ2) is 9.72. The minimum atomic E-state index is -3.66. The third kappa shape index (κ3) is 5.27. The number of piperidine rings is 1. The Balaban J connectivity index is 1.65. The van der Waals surface area contributed by atoms with Gasteiger partial charge >= 0.3 is 5.97 Å². The lowest BCUT2D eigenvalue weighted by atomic mass is 9.98. The summed E-state index contributed by atoms with van der Waals surface area (Å²) in [5, 5.41) is 2.81. The van der Waals surface area contributed by atoms with E-state index < -0.39 is 21.9 Å². The molecule has 1 atom stereocenters. The molecule has 1 fully saturated rings. The van der Waals surface area contributed by atoms with Crippen LogP contribution in [0.15, 0.2) is 57.9 Å². The highest BCUT2D eigenvalue weighted by atomic mass is 79.9. The summed E-state index contributed by atoms with van der Waals surface area (Å²) in [5.74, 6) is -1.11. The van der Waals surface area contributed by atoms with E-state index in [1.54, 1.807) is 55.5 Å². The van der Waals surface area contributed by atoms with E-state index in [9.17, 15) is 18.0 Å². The molecule has 1 saturated heterocycles. The van der Waals surface area contributed by atoms with Gasteiger partial charge in [0.05, 0.1) is 23.0 Å². The summed E-state index contributed by atoms with van der Waals surface area (Å²) >= 11 is 3.30. The third-order valence-corrected chi connectivity index (χ3v) is 7.28. The first-order chi connectivity index (χ1) is 14.3. The van der Waals surface area contributed by atoms with Crippen LogP contribution in [0.5, 0.6) is 0 Å². The van der Waals surface area contributed by atoms with E-state index in [0.717, 1.165) is 4.47 Å². The van der Waals surface area contributed by atoms with Gasteiger partial charge in [-0.05, 0) is 68.3 Å². The Morgan fingerprint density at radius 1 is 1.13 bits per heavy atom. The van der Waals surface area contributed by atoms with Gasteiger partial charge < -0.3 is 10.1 Å². The minimum absolute atomic E-state index is 0.130. The van der Waals surface area contributed by atoms with E-state index >= 15 is 0 Å². The number of halogens is 1. The van der Waals surface area contributed by atoms with Crippen LogP contribution >= 0.6 is 15.9 Å². The molecule has 1 aliphatic heterocycles. The molecule has 160 valence electrons. The lowest BCUT2D eigenvalue weighted by Gasteiger charge is -2.31. The molecule has 1 amide bonds. The van der Waals surface area contributed by atoms with Crippen LogP contribution in [-0.2, 0) is 19.6 Å². The molecule has 0 radical (unpaired) electrons. The quantitative estimate of drug-likeness (QED) is 0.618. The number of sulfonamides is 1. The molecule has 0 spiro atoms. The number of benzene rings is 2. The van der Waals surface area contributed by atoms with E-state index in [1.165, 1.54) is 4.31 Å². The average molecular weight is 495 g/mol. The molecule has 0 saturated carbocycles. The Labute approximate surface area is 184 Å². The first-order valence-electron chi connectivity index (χ1n) is 9.65. The van der Waals surface area contributed by atoms with Crippen LogP contribution in [0.25, 0.3) is 0 Å². The molecule has 1 N–H and O–H groups in total. The van der Waals surface area contributed by atoms with Gasteiger partial charge in [-0.15, -0.1) is 0 Å². The molecular formula is C21H23BrN2O5S. The van der Waals surface area contributed by atoms with Crippen LogP contribution in [-0.4, -0.2) is 44.3 Å². The number of rotatable bonds is 6. The van der Waals surface area contributed by atoms with Crippen molar-refractivity contribution in [2.75, 3.05) is 25.0 Å². The molecule has 2 aromatic rings. The highest BCUT2D eigenvalue weighted by Gasteiger charge is 2.33. The summed E-state index contributed by atoms with van der Waals surface area (Å²) in [6.45, 7) is 2.54. The number of amides is 1. The molecule has 0 unspecified atom stereocenters. The smallest absolute Gasteiger partial charge is 0.338 e. The van der Waals surface area contributed by atoms with Gasteiger partial charge in [0.25, 0.3) is 0 Å².